The Morgan fingerprint density at radius 2 is 1.25 bits per heavy atom. The van der Waals surface area contributed by atoms with Crippen LogP contribution < -0.4 is 5.64 Å². The molecule has 0 saturated heterocycles. The molecule has 1 fully saturated rings. The first-order chi connectivity index (χ1) is 11.0. The largest absolute Gasteiger partial charge is 0.374 e. The summed E-state index contributed by atoms with van der Waals surface area (Å²) in [6, 6.07) is 2.59. The average Bonchev–Trinajstić information content (AvgIpc) is 2.53. The number of hydrogen-bond acceptors (Lipinski definition) is 2. The van der Waals surface area contributed by atoms with E-state index >= 15 is 0 Å². The van der Waals surface area contributed by atoms with Crippen LogP contribution in [0.25, 0.3) is 0 Å². The molecule has 0 aromatic heterocycles. The third-order valence-corrected chi connectivity index (χ3v) is 7.71. The Morgan fingerprint density at radius 1 is 0.833 bits per heavy atom. The molecule has 1 radical (unpaired) electrons. The topological polar surface area (TPSA) is 49.8 Å². The van der Waals surface area contributed by atoms with Crippen molar-refractivity contribution in [1.82, 2.24) is 0 Å². The fraction of sp³-hybridized carbons (Fsp3) is 0.952. The lowest BCUT2D eigenvalue weighted by molar-refractivity contribution is -0.0165. The average molecular weight is 331 g/mol. The van der Waals surface area contributed by atoms with Crippen molar-refractivity contribution in [3.05, 3.63) is 0 Å². The van der Waals surface area contributed by atoms with Crippen molar-refractivity contribution in [2.45, 2.75) is 111 Å². The monoisotopic (exact) mass is 331 g/mol. The van der Waals surface area contributed by atoms with E-state index in [4.69, 9.17) is 5.64 Å². The lowest BCUT2D eigenvalue weighted by Crippen LogP contribution is -2.45. The molecule has 1 aliphatic carbocycles. The summed E-state index contributed by atoms with van der Waals surface area (Å²) in [7, 11) is 1.95. The van der Waals surface area contributed by atoms with Crippen LogP contribution in [-0.4, -0.2) is 7.41 Å². The van der Waals surface area contributed by atoms with Gasteiger partial charge in [0.2, 0.25) is 7.41 Å². The SMILES string of the molecule is CC1([B]N)CCCCCCC(C)(C(C)(C)C(C)(C)C#N)CCCC1. The molecule has 24 heavy (non-hydrogen) atoms. The Hall–Kier alpha value is -0.485. The fourth-order valence-corrected chi connectivity index (χ4v) is 4.38. The predicted molar refractivity (Wildman–Crippen MR) is 106 cm³/mol. The summed E-state index contributed by atoms with van der Waals surface area (Å²) in [5, 5.41) is 9.92. The molecule has 0 amide bonds. The molecule has 137 valence electrons. The van der Waals surface area contributed by atoms with Gasteiger partial charge >= 0.3 is 0 Å². The molecular weight excluding hydrogens is 291 g/mol. The van der Waals surface area contributed by atoms with Gasteiger partial charge in [-0.25, -0.2) is 0 Å². The quantitative estimate of drug-likeness (QED) is 0.622. The van der Waals surface area contributed by atoms with E-state index < -0.39 is 0 Å². The van der Waals surface area contributed by atoms with Gasteiger partial charge in [0.15, 0.2) is 0 Å². The van der Waals surface area contributed by atoms with E-state index in [0.717, 1.165) is 0 Å². The smallest absolute Gasteiger partial charge is 0.209 e. The van der Waals surface area contributed by atoms with Crippen molar-refractivity contribution in [3.8, 4) is 6.07 Å². The van der Waals surface area contributed by atoms with Crippen LogP contribution in [0.4, 0.5) is 0 Å². The van der Waals surface area contributed by atoms with Gasteiger partial charge < -0.3 is 5.64 Å². The maximum atomic E-state index is 9.72. The number of nitrogens with zero attached hydrogens (tertiary/aromatic N) is 1. The normalized spacial score (nSPS) is 31.4. The van der Waals surface area contributed by atoms with Crippen molar-refractivity contribution in [1.29, 1.82) is 5.26 Å². The van der Waals surface area contributed by atoms with Gasteiger partial charge in [-0.2, -0.15) is 5.26 Å². The van der Waals surface area contributed by atoms with E-state index in [9.17, 15) is 5.26 Å². The zero-order valence-corrected chi connectivity index (χ0v) is 17.2. The number of nitrogens with two attached hydrogens (primary N) is 1. The van der Waals surface area contributed by atoms with Crippen LogP contribution in [0.5, 0.6) is 0 Å². The first kappa shape index (κ1) is 21.6. The second-order valence-corrected chi connectivity index (χ2v) is 9.86. The number of nitriles is 1. The molecule has 2 atom stereocenters. The molecule has 0 aromatic carbocycles. The van der Waals surface area contributed by atoms with Gasteiger partial charge in [0.1, 0.15) is 0 Å². The van der Waals surface area contributed by atoms with Crippen molar-refractivity contribution in [2.24, 2.45) is 21.9 Å². The van der Waals surface area contributed by atoms with Gasteiger partial charge in [0.05, 0.1) is 11.5 Å². The highest BCUT2D eigenvalue weighted by Crippen LogP contribution is 2.56. The summed E-state index contributed by atoms with van der Waals surface area (Å²) in [5.41, 5.74) is 5.87. The molecule has 0 aromatic rings. The molecule has 2 unspecified atom stereocenters. The van der Waals surface area contributed by atoms with E-state index in [2.05, 4.69) is 47.6 Å². The zero-order valence-electron chi connectivity index (χ0n) is 17.2. The summed E-state index contributed by atoms with van der Waals surface area (Å²) in [5.74, 6) is 0. The summed E-state index contributed by atoms with van der Waals surface area (Å²) in [6.45, 7) is 13.6. The molecule has 0 aliphatic heterocycles. The molecule has 2 N–H and O–H groups in total. The van der Waals surface area contributed by atoms with Crippen LogP contribution in [0.15, 0.2) is 0 Å². The molecule has 2 nitrogen and oxygen atoms in total. The van der Waals surface area contributed by atoms with E-state index in [1.807, 2.05) is 7.41 Å². The van der Waals surface area contributed by atoms with E-state index in [0.29, 0.717) is 0 Å². The molecule has 0 spiro atoms. The van der Waals surface area contributed by atoms with Gasteiger partial charge in [0.25, 0.3) is 0 Å². The minimum absolute atomic E-state index is 0.00215. The first-order valence-electron chi connectivity index (χ1n) is 10.0. The van der Waals surface area contributed by atoms with Crippen LogP contribution in [0, 0.1) is 27.6 Å². The highest BCUT2D eigenvalue weighted by Gasteiger charge is 2.49. The number of rotatable bonds is 3. The van der Waals surface area contributed by atoms with Gasteiger partial charge in [-0.05, 0) is 42.8 Å². The molecule has 0 bridgehead atoms. The lowest BCUT2D eigenvalue weighted by atomic mass is 9.51. The van der Waals surface area contributed by atoms with E-state index in [1.165, 1.54) is 64.2 Å². The van der Waals surface area contributed by atoms with Gasteiger partial charge in [0, 0.05) is 0 Å². The summed E-state index contributed by atoms with van der Waals surface area (Å²) < 4.78 is 0. The van der Waals surface area contributed by atoms with E-state index in [1.54, 1.807) is 0 Å². The van der Waals surface area contributed by atoms with Gasteiger partial charge in [-0.3, -0.25) is 0 Å². The molecule has 0 heterocycles. The maximum absolute atomic E-state index is 9.72. The standard InChI is InChI=1S/C21H40BN2/c1-18(2,17-23)19(3,4)20(5)13-9-7-8-10-15-21(6,22-24)16-12-11-14-20/h7-16,24H2,1-6H3. The van der Waals surface area contributed by atoms with Crippen LogP contribution in [0.1, 0.15) is 106 Å². The second-order valence-electron chi connectivity index (χ2n) is 9.86. The third-order valence-electron chi connectivity index (χ3n) is 7.71. The van der Waals surface area contributed by atoms with E-state index in [-0.39, 0.29) is 21.6 Å². The summed E-state index contributed by atoms with van der Waals surface area (Å²) >= 11 is 0. The summed E-state index contributed by atoms with van der Waals surface area (Å²) in [4.78, 5) is 0. The van der Waals surface area contributed by atoms with Crippen molar-refractivity contribution in [3.63, 3.8) is 0 Å². The Bertz CT molecular complexity index is 438. The fourth-order valence-electron chi connectivity index (χ4n) is 4.38. The molecule has 3 heteroatoms. The summed E-state index contributed by atoms with van der Waals surface area (Å²) in [6.07, 6.45) is 12.5. The maximum Gasteiger partial charge on any atom is 0.209 e. The van der Waals surface area contributed by atoms with Crippen molar-refractivity contribution >= 4 is 7.41 Å². The van der Waals surface area contributed by atoms with Gasteiger partial charge in [-0.15, -0.1) is 0 Å². The Labute approximate surface area is 152 Å². The molecular formula is C21H40BN2. The zero-order chi connectivity index (χ0) is 18.5. The molecule has 1 aliphatic rings. The Morgan fingerprint density at radius 3 is 1.71 bits per heavy atom. The molecule has 1 saturated carbocycles. The van der Waals surface area contributed by atoms with Crippen molar-refractivity contribution in [2.75, 3.05) is 0 Å². The van der Waals surface area contributed by atoms with Crippen LogP contribution >= 0.6 is 0 Å². The van der Waals surface area contributed by atoms with Crippen LogP contribution in [0.2, 0.25) is 5.31 Å². The number of hydrogen-bond donors (Lipinski definition) is 1. The van der Waals surface area contributed by atoms with Gasteiger partial charge in [-0.1, -0.05) is 79.1 Å². The minimum Gasteiger partial charge on any atom is -0.374 e. The Kier molecular flexibility index (Phi) is 7.42. The highest BCUT2D eigenvalue weighted by molar-refractivity contribution is 6.35. The third kappa shape index (κ3) is 4.78. The highest BCUT2D eigenvalue weighted by atomic mass is 14.5. The second kappa shape index (κ2) is 8.26. The lowest BCUT2D eigenvalue weighted by Gasteiger charge is -2.51. The minimum atomic E-state index is -0.307. The Balaban J connectivity index is 2.93. The molecule has 1 rings (SSSR count). The predicted octanol–water partition coefficient (Wildman–Crippen LogP) is 6.24. The first-order valence-corrected chi connectivity index (χ1v) is 10.0. The van der Waals surface area contributed by atoms with Crippen molar-refractivity contribution < 1.29 is 0 Å². The van der Waals surface area contributed by atoms with Crippen LogP contribution in [-0.2, 0) is 0 Å². The van der Waals surface area contributed by atoms with Crippen LogP contribution in [0.3, 0.4) is 0 Å².